The molecule has 0 amide bonds. The van der Waals surface area contributed by atoms with Crippen LogP contribution < -0.4 is 0 Å². The van der Waals surface area contributed by atoms with Gasteiger partial charge in [0.2, 0.25) is 0 Å². The van der Waals surface area contributed by atoms with Crippen LogP contribution in [0.1, 0.15) is 41.5 Å². The smallest absolute Gasteiger partial charge is 0.192 e. The standard InChI is InChI=1S/C18H38O3Si2/c1-14-15(12-19-22(8,9)17(2,3)4)16(21-14)13-20-23(10,11)18(5,6)7/h15-16H,1,12-13H2,2-11H3/t15-,16+/m0/s1. The maximum absolute atomic E-state index is 6.35. The van der Waals surface area contributed by atoms with Crippen molar-refractivity contribution < 1.29 is 13.6 Å². The van der Waals surface area contributed by atoms with Gasteiger partial charge in [-0.3, -0.25) is 0 Å². The topological polar surface area (TPSA) is 27.7 Å². The minimum Gasteiger partial charge on any atom is -0.492 e. The van der Waals surface area contributed by atoms with Crippen LogP contribution in [0, 0.1) is 5.92 Å². The van der Waals surface area contributed by atoms with Gasteiger partial charge in [0.1, 0.15) is 6.10 Å². The second-order valence-electron chi connectivity index (χ2n) is 9.87. The molecule has 0 radical (unpaired) electrons. The Bertz CT molecular complexity index is 431. The molecule has 0 spiro atoms. The van der Waals surface area contributed by atoms with Gasteiger partial charge in [-0.1, -0.05) is 48.1 Å². The zero-order valence-electron chi connectivity index (χ0n) is 17.0. The van der Waals surface area contributed by atoms with Crippen molar-refractivity contribution in [3.8, 4) is 0 Å². The first-order chi connectivity index (χ1) is 10.1. The third-order valence-corrected chi connectivity index (χ3v) is 15.0. The highest BCUT2D eigenvalue weighted by Crippen LogP contribution is 2.41. The average molecular weight is 359 g/mol. The summed E-state index contributed by atoms with van der Waals surface area (Å²) in [5, 5.41) is 0.451. The van der Waals surface area contributed by atoms with Crippen molar-refractivity contribution in [1.29, 1.82) is 0 Å². The SMILES string of the molecule is C=C1O[C@H](CO[Si](C)(C)C(C)(C)C)[C@H]1CO[Si](C)(C)C(C)(C)C. The van der Waals surface area contributed by atoms with Gasteiger partial charge in [-0.25, -0.2) is 0 Å². The summed E-state index contributed by atoms with van der Waals surface area (Å²) in [6, 6.07) is 0. The van der Waals surface area contributed by atoms with Gasteiger partial charge in [-0.15, -0.1) is 0 Å². The Kier molecular flexibility index (Phi) is 6.06. The van der Waals surface area contributed by atoms with Crippen LogP contribution in [-0.4, -0.2) is 36.0 Å². The lowest BCUT2D eigenvalue weighted by Gasteiger charge is -2.45. The van der Waals surface area contributed by atoms with E-state index in [1.54, 1.807) is 0 Å². The molecular formula is C18H38O3Si2. The van der Waals surface area contributed by atoms with E-state index in [0.29, 0.717) is 13.2 Å². The predicted octanol–water partition coefficient (Wildman–Crippen LogP) is 5.56. The summed E-state index contributed by atoms with van der Waals surface area (Å²) in [6.45, 7) is 28.1. The molecule has 0 unspecified atom stereocenters. The Hall–Kier alpha value is -0.106. The molecule has 2 atom stereocenters. The van der Waals surface area contributed by atoms with Crippen LogP contribution in [0.2, 0.25) is 36.3 Å². The fraction of sp³-hybridized carbons (Fsp3) is 0.889. The zero-order chi connectivity index (χ0) is 18.3. The average Bonchev–Trinajstić information content (AvgIpc) is 2.31. The summed E-state index contributed by atoms with van der Waals surface area (Å²) in [7, 11) is -3.46. The van der Waals surface area contributed by atoms with Crippen LogP contribution in [0.5, 0.6) is 0 Å². The molecule has 0 bridgehead atoms. The van der Waals surface area contributed by atoms with Crippen LogP contribution in [0.15, 0.2) is 12.3 Å². The summed E-state index contributed by atoms with van der Waals surface area (Å²) < 4.78 is 18.4. The van der Waals surface area contributed by atoms with Crippen LogP contribution in [0.3, 0.4) is 0 Å². The van der Waals surface area contributed by atoms with E-state index in [1.165, 1.54) is 0 Å². The molecule has 1 aliphatic heterocycles. The van der Waals surface area contributed by atoms with Gasteiger partial charge in [0.05, 0.1) is 18.3 Å². The number of ether oxygens (including phenoxy) is 1. The second kappa shape index (κ2) is 6.66. The Morgan fingerprint density at radius 1 is 0.870 bits per heavy atom. The third kappa shape index (κ3) is 4.94. The summed E-state index contributed by atoms with van der Waals surface area (Å²) in [6.07, 6.45) is 0.0985. The molecule has 0 aliphatic carbocycles. The molecule has 1 heterocycles. The van der Waals surface area contributed by atoms with E-state index in [0.717, 1.165) is 5.76 Å². The lowest BCUT2D eigenvalue weighted by molar-refractivity contribution is -0.0841. The molecule has 3 nitrogen and oxygen atoms in total. The van der Waals surface area contributed by atoms with Gasteiger partial charge < -0.3 is 13.6 Å². The molecule has 0 aromatic heterocycles. The molecule has 1 fully saturated rings. The van der Waals surface area contributed by atoms with E-state index in [4.69, 9.17) is 13.6 Å². The van der Waals surface area contributed by atoms with Crippen LogP contribution >= 0.6 is 0 Å². The Morgan fingerprint density at radius 3 is 1.61 bits per heavy atom. The van der Waals surface area contributed by atoms with E-state index < -0.39 is 16.6 Å². The zero-order valence-corrected chi connectivity index (χ0v) is 19.0. The molecule has 0 saturated carbocycles. The van der Waals surface area contributed by atoms with Crippen molar-refractivity contribution >= 4 is 16.6 Å². The number of rotatable bonds is 6. The van der Waals surface area contributed by atoms with E-state index in [9.17, 15) is 0 Å². The van der Waals surface area contributed by atoms with Gasteiger partial charge in [0.25, 0.3) is 0 Å². The maximum atomic E-state index is 6.35. The molecule has 0 aromatic carbocycles. The highest BCUT2D eigenvalue weighted by Gasteiger charge is 2.44. The molecule has 5 heteroatoms. The largest absolute Gasteiger partial charge is 0.492 e. The Morgan fingerprint density at radius 2 is 1.26 bits per heavy atom. The highest BCUT2D eigenvalue weighted by molar-refractivity contribution is 6.74. The Labute approximate surface area is 146 Å². The minimum atomic E-state index is -1.73. The summed E-state index contributed by atoms with van der Waals surface area (Å²) >= 11 is 0. The first-order valence-corrected chi connectivity index (χ1v) is 14.5. The summed E-state index contributed by atoms with van der Waals surface area (Å²) in [5.74, 6) is 1.13. The number of hydrogen-bond donors (Lipinski definition) is 0. The van der Waals surface area contributed by atoms with Crippen LogP contribution in [0.4, 0.5) is 0 Å². The van der Waals surface area contributed by atoms with E-state index in [2.05, 4.69) is 74.3 Å². The van der Waals surface area contributed by atoms with Crippen molar-refractivity contribution in [3.63, 3.8) is 0 Å². The normalized spacial score (nSPS) is 23.5. The van der Waals surface area contributed by atoms with Crippen molar-refractivity contribution in [1.82, 2.24) is 0 Å². The lowest BCUT2D eigenvalue weighted by atomic mass is 9.96. The van der Waals surface area contributed by atoms with Crippen LogP contribution in [-0.2, 0) is 13.6 Å². The molecule has 0 N–H and O–H groups in total. The van der Waals surface area contributed by atoms with Crippen molar-refractivity contribution in [2.24, 2.45) is 5.92 Å². The number of hydrogen-bond acceptors (Lipinski definition) is 3. The van der Waals surface area contributed by atoms with Crippen molar-refractivity contribution in [3.05, 3.63) is 12.3 Å². The monoisotopic (exact) mass is 358 g/mol. The molecule has 1 rings (SSSR count). The predicted molar refractivity (Wildman–Crippen MR) is 104 cm³/mol. The van der Waals surface area contributed by atoms with Gasteiger partial charge in [0.15, 0.2) is 16.6 Å². The summed E-state index contributed by atoms with van der Waals surface area (Å²) in [5.41, 5.74) is 0. The second-order valence-corrected chi connectivity index (χ2v) is 19.5. The first kappa shape index (κ1) is 20.9. The van der Waals surface area contributed by atoms with Crippen molar-refractivity contribution in [2.45, 2.75) is 83.9 Å². The maximum Gasteiger partial charge on any atom is 0.192 e. The summed E-state index contributed by atoms with van der Waals surface area (Å²) in [4.78, 5) is 0. The molecule has 1 saturated heterocycles. The van der Waals surface area contributed by atoms with Gasteiger partial charge in [-0.2, -0.15) is 0 Å². The molecule has 0 aromatic rings. The van der Waals surface area contributed by atoms with Crippen molar-refractivity contribution in [2.75, 3.05) is 13.2 Å². The molecule has 1 aliphatic rings. The molecule has 23 heavy (non-hydrogen) atoms. The first-order valence-electron chi connectivity index (χ1n) is 8.72. The van der Waals surface area contributed by atoms with Gasteiger partial charge in [0, 0.05) is 6.61 Å². The third-order valence-electron chi connectivity index (χ3n) is 6.01. The fourth-order valence-electron chi connectivity index (χ4n) is 1.87. The fourth-order valence-corrected chi connectivity index (χ4v) is 3.91. The Balaban J connectivity index is 2.56. The van der Waals surface area contributed by atoms with Gasteiger partial charge >= 0.3 is 0 Å². The van der Waals surface area contributed by atoms with E-state index >= 15 is 0 Å². The van der Waals surface area contributed by atoms with Gasteiger partial charge in [-0.05, 0) is 36.3 Å². The van der Waals surface area contributed by atoms with Crippen LogP contribution in [0.25, 0.3) is 0 Å². The molecular weight excluding hydrogens is 320 g/mol. The lowest BCUT2D eigenvalue weighted by Crippen LogP contribution is -2.50. The van der Waals surface area contributed by atoms with E-state index in [-0.39, 0.29) is 22.1 Å². The van der Waals surface area contributed by atoms with E-state index in [1.807, 2.05) is 0 Å². The molecule has 136 valence electrons. The quantitative estimate of drug-likeness (QED) is 0.582. The minimum absolute atomic E-state index is 0.0985. The highest BCUT2D eigenvalue weighted by atomic mass is 28.4.